The maximum absolute atomic E-state index is 5.95. The fourth-order valence-electron chi connectivity index (χ4n) is 2.66. The number of fused-ring (bicyclic) bond motifs is 3. The Kier molecular flexibility index (Phi) is 4.69. The van der Waals surface area contributed by atoms with Gasteiger partial charge in [0.1, 0.15) is 18.1 Å². The standard InChI is InChI=1S/C15H14N6O.C2H6/c1-16-15-20-19-14-13-12(5-3-7-18-13)22-9-11(21(14)15)10-4-2-6-17-8-10;1-2/h2-8,11H,9H2,1H3,(H,16,20);1-2H3. The summed E-state index contributed by atoms with van der Waals surface area (Å²) in [6.07, 6.45) is 5.31. The molecule has 0 bridgehead atoms. The molecule has 1 atom stereocenters. The zero-order valence-electron chi connectivity index (χ0n) is 14.0. The van der Waals surface area contributed by atoms with Gasteiger partial charge in [-0.3, -0.25) is 9.55 Å². The highest BCUT2D eigenvalue weighted by molar-refractivity contribution is 5.62. The molecule has 4 heterocycles. The Morgan fingerprint density at radius 3 is 2.75 bits per heavy atom. The normalized spacial score (nSPS) is 15.0. The molecule has 0 saturated carbocycles. The number of rotatable bonds is 2. The minimum atomic E-state index is -0.0737. The van der Waals surface area contributed by atoms with Gasteiger partial charge >= 0.3 is 0 Å². The Hall–Kier alpha value is -2.96. The van der Waals surface area contributed by atoms with Crippen LogP contribution in [0.25, 0.3) is 11.5 Å². The molecule has 3 aromatic heterocycles. The topological polar surface area (TPSA) is 77.8 Å². The largest absolute Gasteiger partial charge is 0.489 e. The maximum Gasteiger partial charge on any atom is 0.225 e. The fraction of sp³-hybridized carbons (Fsp3) is 0.294. The molecule has 0 fully saturated rings. The summed E-state index contributed by atoms with van der Waals surface area (Å²) in [5, 5.41) is 11.6. The van der Waals surface area contributed by atoms with Gasteiger partial charge in [-0.2, -0.15) is 0 Å². The highest BCUT2D eigenvalue weighted by atomic mass is 16.5. The van der Waals surface area contributed by atoms with Crippen LogP contribution in [0.2, 0.25) is 0 Å². The lowest BCUT2D eigenvalue weighted by atomic mass is 10.1. The molecular weight excluding hydrogens is 304 g/mol. The molecule has 0 aliphatic carbocycles. The number of hydrogen-bond donors (Lipinski definition) is 1. The highest BCUT2D eigenvalue weighted by Crippen LogP contribution is 2.36. The summed E-state index contributed by atoms with van der Waals surface area (Å²) in [4.78, 5) is 8.61. The van der Waals surface area contributed by atoms with Crippen LogP contribution in [0.5, 0.6) is 5.75 Å². The van der Waals surface area contributed by atoms with Crippen LogP contribution in [-0.2, 0) is 0 Å². The number of aromatic nitrogens is 5. The molecule has 0 aromatic carbocycles. The van der Waals surface area contributed by atoms with Crippen molar-refractivity contribution < 1.29 is 4.74 Å². The predicted octanol–water partition coefficient (Wildman–Crippen LogP) is 2.78. The van der Waals surface area contributed by atoms with Gasteiger partial charge in [-0.05, 0) is 23.8 Å². The first-order chi connectivity index (χ1) is 11.9. The summed E-state index contributed by atoms with van der Waals surface area (Å²) >= 11 is 0. The van der Waals surface area contributed by atoms with Crippen LogP contribution in [0.15, 0.2) is 42.9 Å². The number of pyridine rings is 2. The van der Waals surface area contributed by atoms with Crippen molar-refractivity contribution in [1.82, 2.24) is 24.7 Å². The minimum absolute atomic E-state index is 0.0737. The van der Waals surface area contributed by atoms with E-state index in [2.05, 4.69) is 25.5 Å². The summed E-state index contributed by atoms with van der Waals surface area (Å²) in [7, 11) is 1.82. The first-order valence-electron chi connectivity index (χ1n) is 7.99. The maximum atomic E-state index is 5.95. The van der Waals surface area contributed by atoms with Crippen LogP contribution >= 0.6 is 0 Å². The van der Waals surface area contributed by atoms with Gasteiger partial charge in [-0.15, -0.1) is 10.2 Å². The molecule has 0 amide bonds. The molecule has 24 heavy (non-hydrogen) atoms. The van der Waals surface area contributed by atoms with Crippen LogP contribution in [-0.4, -0.2) is 38.4 Å². The SMILES string of the molecule is CC.CNc1nnc2n1C(c1cccnc1)COc1cccnc1-2. The van der Waals surface area contributed by atoms with E-state index >= 15 is 0 Å². The summed E-state index contributed by atoms with van der Waals surface area (Å²) in [5.74, 6) is 2.07. The number of anilines is 1. The quantitative estimate of drug-likeness (QED) is 0.781. The number of hydrogen-bond acceptors (Lipinski definition) is 6. The van der Waals surface area contributed by atoms with Gasteiger partial charge in [0.2, 0.25) is 5.95 Å². The molecule has 0 saturated heterocycles. The number of nitrogens with one attached hydrogen (secondary N) is 1. The van der Waals surface area contributed by atoms with Crippen LogP contribution in [0.4, 0.5) is 5.95 Å². The molecule has 3 aromatic rings. The van der Waals surface area contributed by atoms with E-state index in [0.717, 1.165) is 5.56 Å². The zero-order valence-corrected chi connectivity index (χ0v) is 14.0. The first-order valence-corrected chi connectivity index (χ1v) is 7.99. The van der Waals surface area contributed by atoms with Crippen molar-refractivity contribution in [2.45, 2.75) is 19.9 Å². The van der Waals surface area contributed by atoms with Crippen LogP contribution in [0, 0.1) is 0 Å². The Bertz CT molecular complexity index is 802. The average Bonchev–Trinajstić information content (AvgIpc) is 3.01. The molecule has 7 nitrogen and oxygen atoms in total. The molecule has 4 rings (SSSR count). The second-order valence-corrected chi connectivity index (χ2v) is 4.93. The van der Waals surface area contributed by atoms with Crippen molar-refractivity contribution in [3.05, 3.63) is 48.4 Å². The van der Waals surface area contributed by atoms with E-state index < -0.39 is 0 Å². The van der Waals surface area contributed by atoms with E-state index in [4.69, 9.17) is 4.74 Å². The fourth-order valence-corrected chi connectivity index (χ4v) is 2.66. The van der Waals surface area contributed by atoms with Gasteiger partial charge in [0.15, 0.2) is 5.82 Å². The molecule has 1 N–H and O–H groups in total. The third-order valence-corrected chi connectivity index (χ3v) is 3.68. The monoisotopic (exact) mass is 324 g/mol. The van der Waals surface area contributed by atoms with Gasteiger partial charge in [0, 0.05) is 25.6 Å². The molecule has 1 aliphatic heterocycles. The summed E-state index contributed by atoms with van der Waals surface area (Å²) in [5.41, 5.74) is 1.73. The van der Waals surface area contributed by atoms with Crippen LogP contribution in [0.1, 0.15) is 25.5 Å². The van der Waals surface area contributed by atoms with Gasteiger partial charge in [-0.1, -0.05) is 19.9 Å². The van der Waals surface area contributed by atoms with Crippen molar-refractivity contribution >= 4 is 5.95 Å². The van der Waals surface area contributed by atoms with Gasteiger partial charge in [-0.25, -0.2) is 4.98 Å². The molecule has 124 valence electrons. The molecule has 1 aliphatic rings. The summed E-state index contributed by atoms with van der Waals surface area (Å²) in [6.45, 7) is 4.46. The highest BCUT2D eigenvalue weighted by Gasteiger charge is 2.29. The van der Waals surface area contributed by atoms with E-state index in [9.17, 15) is 0 Å². The van der Waals surface area contributed by atoms with Gasteiger partial charge in [0.25, 0.3) is 0 Å². The van der Waals surface area contributed by atoms with Crippen molar-refractivity contribution in [3.8, 4) is 17.3 Å². The lowest BCUT2D eigenvalue weighted by molar-refractivity contribution is 0.280. The number of nitrogens with zero attached hydrogens (tertiary/aromatic N) is 5. The van der Waals surface area contributed by atoms with E-state index in [1.807, 2.05) is 55.9 Å². The predicted molar refractivity (Wildman–Crippen MR) is 92.0 cm³/mol. The molecular formula is C17H20N6O. The smallest absolute Gasteiger partial charge is 0.225 e. The Morgan fingerprint density at radius 1 is 1.17 bits per heavy atom. The molecule has 7 heteroatoms. The second-order valence-electron chi connectivity index (χ2n) is 4.93. The van der Waals surface area contributed by atoms with Crippen LogP contribution in [0.3, 0.4) is 0 Å². The van der Waals surface area contributed by atoms with Crippen molar-refractivity contribution in [3.63, 3.8) is 0 Å². The summed E-state index contributed by atoms with van der Waals surface area (Å²) in [6, 6.07) is 7.60. The lowest BCUT2D eigenvalue weighted by Crippen LogP contribution is -2.19. The van der Waals surface area contributed by atoms with E-state index in [1.165, 1.54) is 0 Å². The van der Waals surface area contributed by atoms with Crippen LogP contribution < -0.4 is 10.1 Å². The molecule has 1 unspecified atom stereocenters. The van der Waals surface area contributed by atoms with Crippen molar-refractivity contribution in [1.29, 1.82) is 0 Å². The van der Waals surface area contributed by atoms with E-state index in [-0.39, 0.29) is 6.04 Å². The first kappa shape index (κ1) is 15.9. The number of ether oxygens (including phenoxy) is 1. The Morgan fingerprint density at radius 2 is 2.00 bits per heavy atom. The van der Waals surface area contributed by atoms with E-state index in [1.54, 1.807) is 12.4 Å². The zero-order chi connectivity index (χ0) is 16.9. The molecule has 0 spiro atoms. The van der Waals surface area contributed by atoms with E-state index in [0.29, 0.717) is 29.8 Å². The minimum Gasteiger partial charge on any atom is -0.489 e. The third kappa shape index (κ3) is 2.68. The van der Waals surface area contributed by atoms with Gasteiger partial charge < -0.3 is 10.1 Å². The Labute approximate surface area is 140 Å². The molecule has 0 radical (unpaired) electrons. The third-order valence-electron chi connectivity index (χ3n) is 3.68. The van der Waals surface area contributed by atoms with Crippen molar-refractivity contribution in [2.24, 2.45) is 0 Å². The average molecular weight is 324 g/mol. The lowest BCUT2D eigenvalue weighted by Gasteiger charge is -2.19. The second kappa shape index (κ2) is 7.08. The van der Waals surface area contributed by atoms with Crippen molar-refractivity contribution in [2.75, 3.05) is 19.0 Å². The summed E-state index contributed by atoms with van der Waals surface area (Å²) < 4.78 is 7.96. The Balaban J connectivity index is 0.000000815. The van der Waals surface area contributed by atoms with Gasteiger partial charge in [0.05, 0.1) is 6.04 Å².